The van der Waals surface area contributed by atoms with Crippen molar-refractivity contribution in [1.82, 2.24) is 4.90 Å². The Morgan fingerprint density at radius 2 is 2.00 bits per heavy atom. The summed E-state index contributed by atoms with van der Waals surface area (Å²) in [5.41, 5.74) is 0.946. The van der Waals surface area contributed by atoms with Crippen molar-refractivity contribution in [2.45, 2.75) is 18.9 Å². The van der Waals surface area contributed by atoms with Gasteiger partial charge in [0.1, 0.15) is 11.5 Å². The molecule has 24 heavy (non-hydrogen) atoms. The van der Waals surface area contributed by atoms with E-state index in [2.05, 4.69) is 5.32 Å². The largest absolute Gasteiger partial charge is 0.497 e. The molecule has 2 heterocycles. The molecule has 0 spiro atoms. The number of likely N-dealkylation sites (tertiary alicyclic amines) is 1. The molecule has 6 heteroatoms. The predicted molar refractivity (Wildman–Crippen MR) is 96.4 cm³/mol. The maximum atomic E-state index is 12.5. The van der Waals surface area contributed by atoms with Gasteiger partial charge in [0.2, 0.25) is 0 Å². The smallest absolute Gasteiger partial charge is 0.263 e. The van der Waals surface area contributed by atoms with Crippen molar-refractivity contribution in [3.8, 4) is 11.5 Å². The molecule has 1 fully saturated rings. The fourth-order valence-corrected chi connectivity index (χ4v) is 3.65. The number of ether oxygens (including phenoxy) is 2. The number of carbonyl (C=O) groups excluding carboxylic acids is 1. The molecule has 1 aliphatic rings. The molecule has 0 unspecified atom stereocenters. The highest BCUT2D eigenvalue weighted by Crippen LogP contribution is 2.27. The number of amides is 1. The Labute approximate surface area is 146 Å². The van der Waals surface area contributed by atoms with Gasteiger partial charge in [-0.1, -0.05) is 6.07 Å². The summed E-state index contributed by atoms with van der Waals surface area (Å²) in [4.78, 5) is 15.3. The Balaban J connectivity index is 1.68. The first-order valence-corrected chi connectivity index (χ1v) is 8.90. The number of hydrogen-bond donors (Lipinski definition) is 1. The van der Waals surface area contributed by atoms with E-state index in [1.54, 1.807) is 14.2 Å². The van der Waals surface area contributed by atoms with Gasteiger partial charge in [0.25, 0.3) is 5.91 Å². The van der Waals surface area contributed by atoms with Crippen molar-refractivity contribution in [2.24, 2.45) is 0 Å². The molecule has 5 nitrogen and oxygen atoms in total. The van der Waals surface area contributed by atoms with Crippen molar-refractivity contribution in [3.05, 3.63) is 40.6 Å². The molecule has 0 bridgehead atoms. The number of anilines is 1. The zero-order valence-corrected chi connectivity index (χ0v) is 14.8. The fraction of sp³-hybridized carbons (Fsp3) is 0.389. The highest BCUT2D eigenvalue weighted by atomic mass is 32.1. The summed E-state index contributed by atoms with van der Waals surface area (Å²) in [6, 6.07) is 9.76. The first-order valence-electron chi connectivity index (χ1n) is 8.02. The third-order valence-electron chi connectivity index (χ3n) is 4.16. The summed E-state index contributed by atoms with van der Waals surface area (Å²) in [7, 11) is 3.28. The van der Waals surface area contributed by atoms with Crippen LogP contribution in [0.1, 0.15) is 22.5 Å². The Morgan fingerprint density at radius 3 is 2.62 bits per heavy atom. The van der Waals surface area contributed by atoms with Crippen molar-refractivity contribution in [2.75, 3.05) is 32.6 Å². The van der Waals surface area contributed by atoms with Gasteiger partial charge in [-0.25, -0.2) is 0 Å². The van der Waals surface area contributed by atoms with E-state index in [0.717, 1.165) is 41.4 Å². The average Bonchev–Trinajstić information content (AvgIpc) is 3.15. The predicted octanol–water partition coefficient (Wildman–Crippen LogP) is 3.48. The van der Waals surface area contributed by atoms with E-state index in [1.807, 2.05) is 40.6 Å². The number of methoxy groups -OCH3 is 2. The van der Waals surface area contributed by atoms with Crippen molar-refractivity contribution in [1.29, 1.82) is 0 Å². The summed E-state index contributed by atoms with van der Waals surface area (Å²) < 4.78 is 10.6. The Hall–Kier alpha value is -2.21. The first kappa shape index (κ1) is 16.6. The quantitative estimate of drug-likeness (QED) is 0.900. The average molecular weight is 346 g/mol. The van der Waals surface area contributed by atoms with Gasteiger partial charge in [-0.15, -0.1) is 11.3 Å². The molecule has 1 aromatic heterocycles. The molecule has 1 amide bonds. The maximum absolute atomic E-state index is 12.5. The lowest BCUT2D eigenvalue weighted by Gasteiger charge is -2.33. The normalized spacial score (nSPS) is 17.4. The van der Waals surface area contributed by atoms with Crippen LogP contribution in [0, 0.1) is 0 Å². The second-order valence-corrected chi connectivity index (χ2v) is 6.76. The number of thiophene rings is 1. The van der Waals surface area contributed by atoms with Crippen LogP contribution in [0.5, 0.6) is 11.5 Å². The molecule has 1 aromatic carbocycles. The number of piperidine rings is 1. The number of benzene rings is 1. The van der Waals surface area contributed by atoms with Gasteiger partial charge >= 0.3 is 0 Å². The molecular weight excluding hydrogens is 324 g/mol. The molecule has 3 rings (SSSR count). The van der Waals surface area contributed by atoms with Crippen LogP contribution >= 0.6 is 11.3 Å². The molecule has 1 saturated heterocycles. The molecular formula is C18H22N2O3S. The monoisotopic (exact) mass is 346 g/mol. The second-order valence-electron chi connectivity index (χ2n) is 5.81. The van der Waals surface area contributed by atoms with Gasteiger partial charge in [0.15, 0.2) is 0 Å². The van der Waals surface area contributed by atoms with Crippen molar-refractivity contribution in [3.63, 3.8) is 0 Å². The number of nitrogens with zero attached hydrogens (tertiary/aromatic N) is 1. The molecule has 0 saturated carbocycles. The summed E-state index contributed by atoms with van der Waals surface area (Å²) in [5, 5.41) is 5.45. The molecule has 0 radical (unpaired) electrons. The van der Waals surface area contributed by atoms with E-state index in [1.165, 1.54) is 11.3 Å². The highest BCUT2D eigenvalue weighted by Gasteiger charge is 2.25. The standard InChI is InChI=1S/C18H22N2O3S/c1-22-15-9-14(10-16(11-15)23-2)19-13-5-3-7-20(12-13)18(21)17-6-4-8-24-17/h4,6,8-11,13,19H,3,5,7,12H2,1-2H3/t13-/m0/s1. The summed E-state index contributed by atoms with van der Waals surface area (Å²) >= 11 is 1.50. The fourth-order valence-electron chi connectivity index (χ4n) is 2.96. The lowest BCUT2D eigenvalue weighted by molar-refractivity contribution is 0.0719. The number of rotatable bonds is 5. The van der Waals surface area contributed by atoms with Crippen LogP contribution < -0.4 is 14.8 Å². The minimum atomic E-state index is 0.125. The van der Waals surface area contributed by atoms with Gasteiger partial charge in [0, 0.05) is 43.0 Å². The minimum absolute atomic E-state index is 0.125. The van der Waals surface area contributed by atoms with Crippen LogP contribution in [0.2, 0.25) is 0 Å². The van der Waals surface area contributed by atoms with Crippen molar-refractivity contribution >= 4 is 22.9 Å². The summed E-state index contributed by atoms with van der Waals surface area (Å²) in [5.74, 6) is 1.62. The van der Waals surface area contributed by atoms with Gasteiger partial charge in [-0.05, 0) is 24.3 Å². The van der Waals surface area contributed by atoms with Crippen LogP contribution in [0.15, 0.2) is 35.7 Å². The Kier molecular flexibility index (Phi) is 5.25. The summed E-state index contributed by atoms with van der Waals surface area (Å²) in [6.45, 7) is 1.52. The van der Waals surface area contributed by atoms with Gasteiger partial charge in [0.05, 0.1) is 19.1 Å². The SMILES string of the molecule is COc1cc(N[C@H]2CCCN(C(=O)c3cccs3)C2)cc(OC)c1. The van der Waals surface area contributed by atoms with Gasteiger partial charge in [-0.2, -0.15) is 0 Å². The van der Waals surface area contributed by atoms with Crippen molar-refractivity contribution < 1.29 is 14.3 Å². The van der Waals surface area contributed by atoms with E-state index in [-0.39, 0.29) is 11.9 Å². The number of nitrogens with one attached hydrogen (secondary N) is 1. The lowest BCUT2D eigenvalue weighted by Crippen LogP contribution is -2.44. The van der Waals surface area contributed by atoms with Gasteiger partial charge in [-0.3, -0.25) is 4.79 Å². The van der Waals surface area contributed by atoms with E-state index in [4.69, 9.17) is 9.47 Å². The Morgan fingerprint density at radius 1 is 1.25 bits per heavy atom. The highest BCUT2D eigenvalue weighted by molar-refractivity contribution is 7.12. The molecule has 128 valence electrons. The first-order chi connectivity index (χ1) is 11.7. The molecule has 1 aliphatic heterocycles. The summed E-state index contributed by atoms with van der Waals surface area (Å²) in [6.07, 6.45) is 2.03. The Bertz CT molecular complexity index is 665. The lowest BCUT2D eigenvalue weighted by atomic mass is 10.0. The molecule has 1 N–H and O–H groups in total. The van der Waals surface area contributed by atoms with Crippen LogP contribution in [0.4, 0.5) is 5.69 Å². The van der Waals surface area contributed by atoms with Crippen LogP contribution in [-0.2, 0) is 0 Å². The van der Waals surface area contributed by atoms with E-state index < -0.39 is 0 Å². The maximum Gasteiger partial charge on any atom is 0.263 e. The number of hydrogen-bond acceptors (Lipinski definition) is 5. The van der Waals surface area contributed by atoms with Crippen LogP contribution in [0.25, 0.3) is 0 Å². The van der Waals surface area contributed by atoms with E-state index in [0.29, 0.717) is 6.54 Å². The minimum Gasteiger partial charge on any atom is -0.497 e. The van der Waals surface area contributed by atoms with E-state index in [9.17, 15) is 4.79 Å². The third-order valence-corrected chi connectivity index (χ3v) is 5.02. The topological polar surface area (TPSA) is 50.8 Å². The zero-order valence-electron chi connectivity index (χ0n) is 14.0. The van der Waals surface area contributed by atoms with Crippen LogP contribution in [0.3, 0.4) is 0 Å². The van der Waals surface area contributed by atoms with Gasteiger partial charge < -0.3 is 19.7 Å². The molecule has 0 aliphatic carbocycles. The third kappa shape index (κ3) is 3.82. The zero-order chi connectivity index (χ0) is 16.9. The second kappa shape index (κ2) is 7.57. The number of carbonyl (C=O) groups is 1. The molecule has 1 atom stereocenters. The van der Waals surface area contributed by atoms with Crippen LogP contribution in [-0.4, -0.2) is 44.2 Å². The van der Waals surface area contributed by atoms with E-state index >= 15 is 0 Å². The molecule has 2 aromatic rings.